The second kappa shape index (κ2) is 16.2. The Morgan fingerprint density at radius 3 is 1.10 bits per heavy atom. The standard InChI is InChI=1S/C73H79B2N3S2/c1-67(2,3)40-21-27-44(28-22-40)76-54-31-25-42(69(7,8)9)33-50(54)74-52-35-46-48(71(13,14)15)38-79-65(46)58-62(52)78-63-53(36-47-49(72(16,17)18)39-80-66(47)59(63)73(58,19)20)75-51-34-43(70(10,11)12)26-32-55(51)77(45-29-23-41(24-30-45)68(4,5)6)57-37-56(76)60(74)64(78)61(57)75/h21-39H,1-20H3/i19D3,20D3,37D. The first-order chi connectivity index (χ1) is 40.2. The summed E-state index contributed by atoms with van der Waals surface area (Å²) in [5.41, 5.74) is 16.5. The SMILES string of the molecule is [2H]c1c2c3c4c5c1N(c1ccc(C(C)(C)C)cc1)c1ccc(C(C)(C)C)cc1B5c1cc5c(C(C)(C)C)csc5c5c1N4c1c(cc4c(C(C)(C)C)csc4c1C5(C([2H])([2H])[2H])C([2H])([2H])[2H])B3c1cc(C(C)(C)C)ccc1N2c1ccc(C(C)(C)C)cc1. The zero-order valence-corrected chi connectivity index (χ0v) is 51.8. The van der Waals surface area contributed by atoms with Gasteiger partial charge in [0.05, 0.1) is 1.37 Å². The predicted molar refractivity (Wildman–Crippen MR) is 355 cm³/mol. The predicted octanol–water partition coefficient (Wildman–Crippen LogP) is 17.2. The van der Waals surface area contributed by atoms with Gasteiger partial charge in [0.1, 0.15) is 0 Å². The lowest BCUT2D eigenvalue weighted by atomic mass is 9.28. The third kappa shape index (κ3) is 7.10. The van der Waals surface area contributed by atoms with Gasteiger partial charge in [-0.2, -0.15) is 0 Å². The van der Waals surface area contributed by atoms with E-state index in [1.165, 1.54) is 33.8 Å². The molecule has 7 heterocycles. The fourth-order valence-electron chi connectivity index (χ4n) is 14.2. The Balaban J connectivity index is 1.28. The molecule has 0 saturated heterocycles. The van der Waals surface area contributed by atoms with Gasteiger partial charge in [0.25, 0.3) is 13.4 Å². The Morgan fingerprint density at radius 1 is 0.400 bits per heavy atom. The molecule has 0 saturated carbocycles. The molecule has 0 atom stereocenters. The van der Waals surface area contributed by atoms with Crippen LogP contribution in [-0.2, 0) is 37.9 Å². The van der Waals surface area contributed by atoms with E-state index in [1.54, 1.807) is 0 Å². The van der Waals surface area contributed by atoms with Gasteiger partial charge in [-0.1, -0.05) is 199 Å². The number of hydrogen-bond donors (Lipinski definition) is 0. The van der Waals surface area contributed by atoms with Crippen LogP contribution in [0.4, 0.5) is 51.2 Å². The Bertz CT molecular complexity index is 4190. The summed E-state index contributed by atoms with van der Waals surface area (Å²) in [5.74, 6) is 0. The number of rotatable bonds is 2. The summed E-state index contributed by atoms with van der Waals surface area (Å²) in [7, 11) is 0. The highest BCUT2D eigenvalue weighted by atomic mass is 32.1. The summed E-state index contributed by atoms with van der Waals surface area (Å²) < 4.78 is 75.2. The molecule has 5 aliphatic rings. The van der Waals surface area contributed by atoms with Gasteiger partial charge in [0.2, 0.25) is 0 Å². The van der Waals surface area contributed by atoms with Gasteiger partial charge in [-0.25, -0.2) is 0 Å². The molecule has 0 fully saturated rings. The highest BCUT2D eigenvalue weighted by molar-refractivity contribution is 7.18. The molecule has 14 rings (SSSR count). The molecule has 9 aromatic rings. The molecule has 7 aromatic carbocycles. The number of nitrogens with zero attached hydrogens (tertiary/aromatic N) is 3. The molecule has 80 heavy (non-hydrogen) atoms. The maximum absolute atomic E-state index is 11.6. The van der Waals surface area contributed by atoms with Crippen LogP contribution >= 0.6 is 22.7 Å². The highest BCUT2D eigenvalue weighted by Crippen LogP contribution is 2.61. The maximum atomic E-state index is 11.6. The average Bonchev–Trinajstić information content (AvgIpc) is 1.39. The van der Waals surface area contributed by atoms with E-state index in [4.69, 9.17) is 0 Å². The molecule has 2 aromatic heterocycles. The molecule has 404 valence electrons. The van der Waals surface area contributed by atoms with Crippen LogP contribution in [0, 0.1) is 0 Å². The van der Waals surface area contributed by atoms with Crippen molar-refractivity contribution < 1.29 is 9.60 Å². The fourth-order valence-corrected chi connectivity index (χ4v) is 17.0. The molecule has 7 heteroatoms. The number of thiophene rings is 2. The topological polar surface area (TPSA) is 9.72 Å². The summed E-state index contributed by atoms with van der Waals surface area (Å²) in [5, 5.41) is 6.08. The van der Waals surface area contributed by atoms with E-state index >= 15 is 0 Å². The van der Waals surface area contributed by atoms with Crippen molar-refractivity contribution in [3.8, 4) is 0 Å². The molecule has 0 aliphatic carbocycles. The van der Waals surface area contributed by atoms with Crippen LogP contribution in [0.3, 0.4) is 0 Å². The minimum atomic E-state index is -3.10. The van der Waals surface area contributed by atoms with Crippen LogP contribution < -0.4 is 47.5 Å². The van der Waals surface area contributed by atoms with Crippen molar-refractivity contribution >= 4 is 140 Å². The van der Waals surface area contributed by atoms with E-state index in [-0.39, 0.29) is 21.7 Å². The number of anilines is 9. The molecule has 5 aliphatic heterocycles. The largest absolute Gasteiger partial charge is 0.312 e. The molecule has 0 N–H and O–H groups in total. The van der Waals surface area contributed by atoms with Crippen LogP contribution in [-0.4, -0.2) is 13.4 Å². The lowest BCUT2D eigenvalue weighted by Gasteiger charge is -2.55. The Labute approximate surface area is 496 Å². The van der Waals surface area contributed by atoms with Crippen LogP contribution in [0.15, 0.2) is 114 Å². The lowest BCUT2D eigenvalue weighted by Crippen LogP contribution is -2.70. The lowest BCUT2D eigenvalue weighted by molar-refractivity contribution is 0.590. The minimum absolute atomic E-state index is 0.119. The number of benzene rings is 7. The van der Waals surface area contributed by atoms with E-state index in [1.807, 2.05) is 0 Å². The molecular formula is C73H79B2N3S2. The third-order valence-corrected chi connectivity index (χ3v) is 20.6. The molecular weight excluding hydrogens is 1000 g/mol. The first-order valence-electron chi connectivity index (χ1n) is 32.5. The van der Waals surface area contributed by atoms with Crippen LogP contribution in [0.1, 0.15) is 192 Å². The normalized spacial score (nSPS) is 17.6. The Kier molecular flexibility index (Phi) is 9.01. The van der Waals surface area contributed by atoms with Gasteiger partial charge in [-0.05, 0) is 163 Å². The molecule has 0 amide bonds. The summed E-state index contributed by atoms with van der Waals surface area (Å²) >= 11 is 2.98. The van der Waals surface area contributed by atoms with E-state index in [9.17, 15) is 9.60 Å². The van der Waals surface area contributed by atoms with E-state index in [0.717, 1.165) is 106 Å². The monoisotopic (exact) mass is 1090 g/mol. The summed E-state index contributed by atoms with van der Waals surface area (Å²) in [6.45, 7) is 32.8. The quantitative estimate of drug-likeness (QED) is 0.160. The fraction of sp³-hybridized carbons (Fsp3) is 0.370. The smallest absolute Gasteiger partial charge is 0.252 e. The van der Waals surface area contributed by atoms with Crippen molar-refractivity contribution in [2.24, 2.45) is 0 Å². The minimum Gasteiger partial charge on any atom is -0.312 e. The second-order valence-corrected chi connectivity index (χ2v) is 32.0. The molecule has 3 nitrogen and oxygen atoms in total. The van der Waals surface area contributed by atoms with Gasteiger partial charge in [0.15, 0.2) is 0 Å². The summed E-state index contributed by atoms with van der Waals surface area (Å²) in [6.07, 6.45) is 0. The Morgan fingerprint density at radius 2 is 0.762 bits per heavy atom. The maximum Gasteiger partial charge on any atom is 0.252 e. The summed E-state index contributed by atoms with van der Waals surface area (Å²) in [4.78, 5) is 7.10. The van der Waals surface area contributed by atoms with Crippen molar-refractivity contribution in [1.82, 2.24) is 0 Å². The van der Waals surface area contributed by atoms with Crippen molar-refractivity contribution in [3.05, 3.63) is 158 Å². The second-order valence-electron chi connectivity index (χ2n) is 30.2. The third-order valence-electron chi connectivity index (χ3n) is 18.5. The Hall–Kier alpha value is -6.01. The van der Waals surface area contributed by atoms with E-state index < -0.39 is 43.4 Å². The summed E-state index contributed by atoms with van der Waals surface area (Å²) in [6, 6.07) is 36.6. The van der Waals surface area contributed by atoms with E-state index in [2.05, 4.69) is 247 Å². The van der Waals surface area contributed by atoms with Crippen molar-refractivity contribution in [2.75, 3.05) is 14.7 Å². The molecule has 0 unspecified atom stereocenters. The zero-order chi connectivity index (χ0) is 62.7. The van der Waals surface area contributed by atoms with Crippen LogP contribution in [0.5, 0.6) is 0 Å². The van der Waals surface area contributed by atoms with Gasteiger partial charge in [-0.15, -0.1) is 22.7 Å². The zero-order valence-electron chi connectivity index (χ0n) is 57.2. The number of fused-ring (bicyclic) bond motifs is 10. The molecule has 0 radical (unpaired) electrons. The van der Waals surface area contributed by atoms with Crippen molar-refractivity contribution in [1.29, 1.82) is 0 Å². The van der Waals surface area contributed by atoms with Gasteiger partial charge < -0.3 is 14.7 Å². The highest BCUT2D eigenvalue weighted by Gasteiger charge is 2.57. The van der Waals surface area contributed by atoms with Gasteiger partial charge in [-0.3, -0.25) is 0 Å². The van der Waals surface area contributed by atoms with Gasteiger partial charge in [0, 0.05) is 85.4 Å². The van der Waals surface area contributed by atoms with Crippen LogP contribution in [0.2, 0.25) is 0 Å². The average molecular weight is 1090 g/mol. The van der Waals surface area contributed by atoms with Crippen LogP contribution in [0.25, 0.3) is 20.2 Å². The first-order valence-corrected chi connectivity index (χ1v) is 30.7. The molecule has 0 spiro atoms. The molecule has 0 bridgehead atoms. The van der Waals surface area contributed by atoms with E-state index in [0.29, 0.717) is 37.9 Å². The number of hydrogen-bond acceptors (Lipinski definition) is 5. The van der Waals surface area contributed by atoms with Crippen molar-refractivity contribution in [2.45, 2.75) is 176 Å². The first kappa shape index (κ1) is 44.6. The van der Waals surface area contributed by atoms with Gasteiger partial charge >= 0.3 is 0 Å². The van der Waals surface area contributed by atoms with Crippen molar-refractivity contribution in [3.63, 3.8) is 0 Å².